The minimum absolute atomic E-state index is 0.01000. The van der Waals surface area contributed by atoms with Crippen LogP contribution in [0.5, 0.6) is 5.75 Å². The van der Waals surface area contributed by atoms with E-state index in [0.29, 0.717) is 17.0 Å². The number of benzene rings is 1. The smallest absolute Gasteiger partial charge is 0.256 e. The highest BCUT2D eigenvalue weighted by Gasteiger charge is 2.26. The third kappa shape index (κ3) is 2.88. The van der Waals surface area contributed by atoms with Crippen LogP contribution in [0.15, 0.2) is 18.2 Å². The number of anilines is 1. The maximum atomic E-state index is 12.7. The van der Waals surface area contributed by atoms with E-state index in [1.54, 1.807) is 25.3 Å². The topological polar surface area (TPSA) is 58.8 Å². The van der Waals surface area contributed by atoms with E-state index in [9.17, 15) is 4.79 Å². The summed E-state index contributed by atoms with van der Waals surface area (Å²) in [5.41, 5.74) is 6.98. The van der Waals surface area contributed by atoms with Gasteiger partial charge in [0.2, 0.25) is 0 Å². The molecule has 1 fully saturated rings. The predicted octanol–water partition coefficient (Wildman–Crippen LogP) is 1.44. The molecule has 5 nitrogen and oxygen atoms in total. The number of nitrogen functional groups attached to an aromatic ring is 1. The molecule has 1 saturated heterocycles. The fourth-order valence-electron chi connectivity index (χ4n) is 2.74. The molecule has 0 bridgehead atoms. The first-order chi connectivity index (χ1) is 9.54. The summed E-state index contributed by atoms with van der Waals surface area (Å²) in [6.07, 6.45) is 0.983. The fourth-order valence-corrected chi connectivity index (χ4v) is 2.74. The van der Waals surface area contributed by atoms with Crippen molar-refractivity contribution >= 4 is 11.6 Å². The number of rotatable bonds is 2. The van der Waals surface area contributed by atoms with Crippen molar-refractivity contribution in [1.29, 1.82) is 0 Å². The Labute approximate surface area is 120 Å². The molecule has 0 spiro atoms. The van der Waals surface area contributed by atoms with Crippen molar-refractivity contribution in [2.24, 2.45) is 0 Å². The zero-order valence-corrected chi connectivity index (χ0v) is 12.4. The Kier molecular flexibility index (Phi) is 4.49. The molecule has 1 aliphatic heterocycles. The number of hydrogen-bond donors (Lipinski definition) is 1. The first-order valence-electron chi connectivity index (χ1n) is 6.96. The number of carbonyl (C=O) groups excluding carboxylic acids is 1. The molecule has 1 aromatic carbocycles. The Bertz CT molecular complexity index is 490. The molecular formula is C15H23N3O2. The number of para-hydroxylation sites is 1. The van der Waals surface area contributed by atoms with Gasteiger partial charge >= 0.3 is 0 Å². The number of carbonyl (C=O) groups is 1. The van der Waals surface area contributed by atoms with Gasteiger partial charge in [0.15, 0.2) is 0 Å². The van der Waals surface area contributed by atoms with Gasteiger partial charge in [-0.15, -0.1) is 0 Å². The third-order valence-corrected chi connectivity index (χ3v) is 3.82. The number of likely N-dealkylation sites (N-methyl/N-ethyl adjacent to an activating group) is 1. The normalized spacial score (nSPS) is 20.6. The van der Waals surface area contributed by atoms with Crippen LogP contribution in [-0.2, 0) is 0 Å². The second kappa shape index (κ2) is 6.13. The highest BCUT2D eigenvalue weighted by molar-refractivity contribution is 6.00. The first kappa shape index (κ1) is 14.7. The van der Waals surface area contributed by atoms with E-state index in [2.05, 4.69) is 18.9 Å². The summed E-state index contributed by atoms with van der Waals surface area (Å²) in [5.74, 6) is 0.541. The second-order valence-electron chi connectivity index (χ2n) is 5.38. The molecular weight excluding hydrogens is 254 g/mol. The highest BCUT2D eigenvalue weighted by atomic mass is 16.5. The van der Waals surface area contributed by atoms with Gasteiger partial charge in [0.05, 0.1) is 18.4 Å². The largest absolute Gasteiger partial charge is 0.495 e. The number of hydrogen-bond acceptors (Lipinski definition) is 4. The molecule has 5 heteroatoms. The van der Waals surface area contributed by atoms with Crippen molar-refractivity contribution in [3.8, 4) is 5.75 Å². The molecule has 2 N–H and O–H groups in total. The van der Waals surface area contributed by atoms with Crippen LogP contribution in [0.3, 0.4) is 0 Å². The van der Waals surface area contributed by atoms with Crippen molar-refractivity contribution in [3.05, 3.63) is 23.8 Å². The van der Waals surface area contributed by atoms with Crippen molar-refractivity contribution in [2.75, 3.05) is 39.5 Å². The number of nitrogens with two attached hydrogens (primary N) is 1. The van der Waals surface area contributed by atoms with Crippen LogP contribution in [-0.4, -0.2) is 55.5 Å². The van der Waals surface area contributed by atoms with Gasteiger partial charge in [-0.2, -0.15) is 0 Å². The Hall–Kier alpha value is -1.75. The molecule has 1 atom stereocenters. The predicted molar refractivity (Wildman–Crippen MR) is 80.0 cm³/mol. The third-order valence-electron chi connectivity index (χ3n) is 3.82. The van der Waals surface area contributed by atoms with Gasteiger partial charge < -0.3 is 20.3 Å². The average Bonchev–Trinajstić information content (AvgIpc) is 2.59. The molecule has 0 aromatic heterocycles. The molecule has 0 aliphatic carbocycles. The molecule has 1 unspecified atom stereocenters. The molecule has 0 radical (unpaired) electrons. The second-order valence-corrected chi connectivity index (χ2v) is 5.38. The molecule has 1 aromatic rings. The maximum absolute atomic E-state index is 12.7. The Morgan fingerprint density at radius 1 is 1.40 bits per heavy atom. The SMILES string of the molecule is COc1cccc(C(=O)N2CCCN(C)CC2C)c1N. The zero-order chi connectivity index (χ0) is 14.7. The van der Waals surface area contributed by atoms with E-state index in [4.69, 9.17) is 10.5 Å². The fraction of sp³-hybridized carbons (Fsp3) is 0.533. The van der Waals surface area contributed by atoms with Crippen LogP contribution >= 0.6 is 0 Å². The maximum Gasteiger partial charge on any atom is 0.256 e. The number of ether oxygens (including phenoxy) is 1. The Balaban J connectivity index is 2.26. The number of nitrogens with zero attached hydrogens (tertiary/aromatic N) is 2. The molecule has 1 heterocycles. The minimum Gasteiger partial charge on any atom is -0.495 e. The average molecular weight is 277 g/mol. The van der Waals surface area contributed by atoms with Crippen LogP contribution in [0.2, 0.25) is 0 Å². The van der Waals surface area contributed by atoms with E-state index in [1.165, 1.54) is 0 Å². The Morgan fingerprint density at radius 2 is 2.15 bits per heavy atom. The summed E-state index contributed by atoms with van der Waals surface area (Å²) in [6, 6.07) is 5.52. The van der Waals surface area contributed by atoms with Crippen LogP contribution in [0.25, 0.3) is 0 Å². The van der Waals surface area contributed by atoms with Crippen LogP contribution in [0.1, 0.15) is 23.7 Å². The van der Waals surface area contributed by atoms with Crippen molar-refractivity contribution in [3.63, 3.8) is 0 Å². The lowest BCUT2D eigenvalue weighted by atomic mass is 10.1. The van der Waals surface area contributed by atoms with Gasteiger partial charge in [0.25, 0.3) is 5.91 Å². The lowest BCUT2D eigenvalue weighted by Crippen LogP contribution is -2.42. The van der Waals surface area contributed by atoms with Gasteiger partial charge in [0.1, 0.15) is 5.75 Å². The highest BCUT2D eigenvalue weighted by Crippen LogP contribution is 2.26. The van der Waals surface area contributed by atoms with Gasteiger partial charge in [-0.3, -0.25) is 4.79 Å². The van der Waals surface area contributed by atoms with Crippen molar-refractivity contribution in [1.82, 2.24) is 9.80 Å². The van der Waals surface area contributed by atoms with Gasteiger partial charge in [-0.25, -0.2) is 0 Å². The lowest BCUT2D eigenvalue weighted by molar-refractivity contribution is 0.0697. The van der Waals surface area contributed by atoms with Crippen LogP contribution in [0.4, 0.5) is 5.69 Å². The van der Waals surface area contributed by atoms with Crippen molar-refractivity contribution < 1.29 is 9.53 Å². The molecule has 1 aliphatic rings. The van der Waals surface area contributed by atoms with E-state index in [1.807, 2.05) is 4.90 Å². The molecule has 2 rings (SSSR count). The molecule has 0 saturated carbocycles. The monoisotopic (exact) mass is 277 g/mol. The quantitative estimate of drug-likeness (QED) is 0.831. The summed E-state index contributed by atoms with van der Waals surface area (Å²) < 4.78 is 5.19. The van der Waals surface area contributed by atoms with E-state index in [0.717, 1.165) is 26.1 Å². The van der Waals surface area contributed by atoms with E-state index >= 15 is 0 Å². The number of methoxy groups -OCH3 is 1. The summed E-state index contributed by atoms with van der Waals surface area (Å²) >= 11 is 0. The summed E-state index contributed by atoms with van der Waals surface area (Å²) in [6.45, 7) is 4.74. The summed E-state index contributed by atoms with van der Waals surface area (Å²) in [4.78, 5) is 16.9. The van der Waals surface area contributed by atoms with Crippen LogP contribution < -0.4 is 10.5 Å². The van der Waals surface area contributed by atoms with Crippen molar-refractivity contribution in [2.45, 2.75) is 19.4 Å². The van der Waals surface area contributed by atoms with Crippen LogP contribution in [0, 0.1) is 0 Å². The molecule has 110 valence electrons. The molecule has 1 amide bonds. The number of amides is 1. The zero-order valence-electron chi connectivity index (χ0n) is 12.4. The summed E-state index contributed by atoms with van der Waals surface area (Å²) in [5, 5.41) is 0. The standard InChI is InChI=1S/C15H23N3O2/c1-11-10-17(2)8-5-9-18(11)15(19)12-6-4-7-13(20-3)14(12)16/h4,6-7,11H,5,8-10,16H2,1-3H3. The van der Waals surface area contributed by atoms with E-state index < -0.39 is 0 Å². The van der Waals surface area contributed by atoms with Gasteiger partial charge in [-0.05, 0) is 39.1 Å². The first-order valence-corrected chi connectivity index (χ1v) is 6.96. The molecule has 20 heavy (non-hydrogen) atoms. The lowest BCUT2D eigenvalue weighted by Gasteiger charge is -2.28. The minimum atomic E-state index is -0.01000. The summed E-state index contributed by atoms with van der Waals surface area (Å²) in [7, 11) is 3.65. The van der Waals surface area contributed by atoms with E-state index in [-0.39, 0.29) is 11.9 Å². The van der Waals surface area contributed by atoms with Gasteiger partial charge in [-0.1, -0.05) is 6.07 Å². The van der Waals surface area contributed by atoms with Gasteiger partial charge in [0, 0.05) is 19.1 Å². The Morgan fingerprint density at radius 3 is 2.85 bits per heavy atom.